The molecule has 0 aromatic carbocycles. The molecule has 0 atom stereocenters. The van der Waals surface area contributed by atoms with Crippen molar-refractivity contribution in [2.75, 3.05) is 0 Å². The van der Waals surface area contributed by atoms with Gasteiger partial charge in [0.15, 0.2) is 0 Å². The molecule has 0 amide bonds. The lowest BCUT2D eigenvalue weighted by Crippen LogP contribution is -2.45. The molecule has 0 spiro atoms. The fourth-order valence-electron chi connectivity index (χ4n) is 1.79. The Balaban J connectivity index is 2.83. The molecule has 0 bridgehead atoms. The smallest absolute Gasteiger partial charge is 0.148 e. The zero-order chi connectivity index (χ0) is 11.3. The molecule has 15 heavy (non-hydrogen) atoms. The highest BCUT2D eigenvalue weighted by Gasteiger charge is 2.57. The summed E-state index contributed by atoms with van der Waals surface area (Å²) in [6.07, 6.45) is 0.115. The van der Waals surface area contributed by atoms with E-state index in [0.29, 0.717) is 12.8 Å². The highest BCUT2D eigenvalue weighted by atomic mass is 19.3. The molecule has 1 saturated carbocycles. The van der Waals surface area contributed by atoms with Gasteiger partial charge in [-0.2, -0.15) is 0 Å². The lowest BCUT2D eigenvalue weighted by molar-refractivity contribution is -0.482. The first-order chi connectivity index (χ1) is 7.25. The molecule has 1 aliphatic carbocycles. The molecular weight excluding hydrogens is 224 g/mol. The summed E-state index contributed by atoms with van der Waals surface area (Å²) < 4.78 is 48.0. The maximum Gasteiger partial charge on any atom is 0.368 e. The third kappa shape index (κ3) is 2.22. The quantitative estimate of drug-likeness (QED) is 0.522. The second kappa shape index (κ2) is 5.59. The molecular formula is C7H9F4O4. The third-order valence-electron chi connectivity index (χ3n) is 2.55. The van der Waals surface area contributed by atoms with Crippen LogP contribution in [-0.2, 0) is 19.8 Å². The standard InChI is InChI=1S/C7H9F4O4/c8-12-6(13-9)7(14-10,15-11)5-3-1-2-4-5/h5H,1-4H2. The van der Waals surface area contributed by atoms with Crippen LogP contribution >= 0.6 is 0 Å². The van der Waals surface area contributed by atoms with Crippen molar-refractivity contribution in [1.29, 1.82) is 0 Å². The fraction of sp³-hybridized carbons (Fsp3) is 0.857. The van der Waals surface area contributed by atoms with Crippen LogP contribution in [-0.4, -0.2) is 5.79 Å². The summed E-state index contributed by atoms with van der Waals surface area (Å²) in [6, 6.07) is 0. The van der Waals surface area contributed by atoms with Crippen molar-refractivity contribution in [2.45, 2.75) is 31.5 Å². The molecule has 1 radical (unpaired) electrons. The number of halogens is 4. The van der Waals surface area contributed by atoms with Crippen LogP contribution in [0.1, 0.15) is 25.7 Å². The van der Waals surface area contributed by atoms with Crippen molar-refractivity contribution < 1.29 is 37.9 Å². The summed E-state index contributed by atoms with van der Waals surface area (Å²) in [5.74, 6) is -3.85. The Bertz CT molecular complexity index is 176. The molecule has 0 N–H and O–H groups in total. The van der Waals surface area contributed by atoms with Crippen LogP contribution < -0.4 is 0 Å². The Kier molecular flexibility index (Phi) is 4.71. The van der Waals surface area contributed by atoms with Crippen molar-refractivity contribution in [2.24, 2.45) is 5.92 Å². The monoisotopic (exact) mass is 233 g/mol. The minimum absolute atomic E-state index is 0.268. The van der Waals surface area contributed by atoms with Gasteiger partial charge >= 0.3 is 12.1 Å². The summed E-state index contributed by atoms with van der Waals surface area (Å²) in [7, 11) is 0. The lowest BCUT2D eigenvalue weighted by Gasteiger charge is -2.30. The van der Waals surface area contributed by atoms with Gasteiger partial charge in [0.05, 0.1) is 0 Å². The Morgan fingerprint density at radius 3 is 1.73 bits per heavy atom. The highest BCUT2D eigenvalue weighted by Crippen LogP contribution is 2.44. The predicted molar refractivity (Wildman–Crippen MR) is 36.7 cm³/mol. The molecule has 0 heterocycles. The van der Waals surface area contributed by atoms with Crippen LogP contribution in [0.25, 0.3) is 0 Å². The summed E-state index contributed by atoms with van der Waals surface area (Å²) in [4.78, 5) is 12.0. The first kappa shape index (κ1) is 12.6. The largest absolute Gasteiger partial charge is 0.368 e. The SMILES string of the molecule is FO[C](OF)C(OF)(OF)C1CCCC1. The van der Waals surface area contributed by atoms with Gasteiger partial charge in [0, 0.05) is 5.92 Å². The zero-order valence-electron chi connectivity index (χ0n) is 7.55. The van der Waals surface area contributed by atoms with Crippen molar-refractivity contribution in [3.63, 3.8) is 0 Å². The summed E-state index contributed by atoms with van der Waals surface area (Å²) in [6.45, 7) is 0. The van der Waals surface area contributed by atoms with Crippen molar-refractivity contribution >= 4 is 0 Å². The van der Waals surface area contributed by atoms with Crippen LogP contribution in [0.4, 0.5) is 18.1 Å². The number of rotatable bonds is 6. The van der Waals surface area contributed by atoms with E-state index in [2.05, 4.69) is 19.8 Å². The Morgan fingerprint density at radius 1 is 0.933 bits per heavy atom. The molecule has 89 valence electrons. The Hall–Kier alpha value is -0.440. The third-order valence-corrected chi connectivity index (χ3v) is 2.55. The van der Waals surface area contributed by atoms with Crippen molar-refractivity contribution in [3.8, 4) is 0 Å². The van der Waals surface area contributed by atoms with Crippen LogP contribution in [0.2, 0.25) is 0 Å². The van der Waals surface area contributed by atoms with Gasteiger partial charge in [-0.15, -0.1) is 19.8 Å². The van der Waals surface area contributed by atoms with E-state index in [1.165, 1.54) is 0 Å². The number of hydrogen-bond donors (Lipinski definition) is 0. The number of hydrogen-bond acceptors (Lipinski definition) is 4. The Morgan fingerprint density at radius 2 is 1.40 bits per heavy atom. The summed E-state index contributed by atoms with van der Waals surface area (Å²) in [5.41, 5.74) is 0. The van der Waals surface area contributed by atoms with Gasteiger partial charge in [0.1, 0.15) is 0 Å². The molecule has 8 heteroatoms. The second-order valence-electron chi connectivity index (χ2n) is 3.24. The summed E-state index contributed by atoms with van der Waals surface area (Å²) in [5, 5.41) is 0. The van der Waals surface area contributed by atoms with Crippen LogP contribution in [0.15, 0.2) is 0 Å². The van der Waals surface area contributed by atoms with Crippen molar-refractivity contribution in [3.05, 3.63) is 6.29 Å². The average molecular weight is 233 g/mol. The van der Waals surface area contributed by atoms with Gasteiger partial charge in [-0.25, -0.2) is 0 Å². The van der Waals surface area contributed by atoms with E-state index in [1.807, 2.05) is 0 Å². The predicted octanol–water partition coefficient (Wildman–Crippen LogP) is 2.97. The van der Waals surface area contributed by atoms with Gasteiger partial charge in [-0.3, -0.25) is 0 Å². The van der Waals surface area contributed by atoms with Gasteiger partial charge in [-0.05, 0) is 30.9 Å². The molecule has 0 unspecified atom stereocenters. The van der Waals surface area contributed by atoms with Gasteiger partial charge in [0.2, 0.25) is 0 Å². The van der Waals surface area contributed by atoms with E-state index >= 15 is 0 Å². The maximum atomic E-state index is 12.2. The minimum atomic E-state index is -2.93. The molecule has 0 aromatic rings. The molecule has 1 aliphatic rings. The van der Waals surface area contributed by atoms with Crippen molar-refractivity contribution in [1.82, 2.24) is 0 Å². The molecule has 4 nitrogen and oxygen atoms in total. The van der Waals surface area contributed by atoms with E-state index in [4.69, 9.17) is 0 Å². The van der Waals surface area contributed by atoms with E-state index in [9.17, 15) is 18.1 Å². The van der Waals surface area contributed by atoms with Crippen LogP contribution in [0.3, 0.4) is 0 Å². The van der Waals surface area contributed by atoms with E-state index < -0.39 is 18.0 Å². The van der Waals surface area contributed by atoms with Gasteiger partial charge in [0.25, 0.3) is 0 Å². The van der Waals surface area contributed by atoms with Crippen LogP contribution in [0.5, 0.6) is 0 Å². The highest BCUT2D eigenvalue weighted by molar-refractivity contribution is 4.93. The average Bonchev–Trinajstić information content (AvgIpc) is 2.80. The van der Waals surface area contributed by atoms with E-state index in [0.717, 1.165) is 0 Å². The molecule has 0 aliphatic heterocycles. The first-order valence-corrected chi connectivity index (χ1v) is 4.29. The summed E-state index contributed by atoms with van der Waals surface area (Å²) >= 11 is 0. The minimum Gasteiger partial charge on any atom is -0.148 e. The van der Waals surface area contributed by atoms with Gasteiger partial charge < -0.3 is 0 Å². The molecule has 1 fully saturated rings. The van der Waals surface area contributed by atoms with E-state index in [-0.39, 0.29) is 12.8 Å². The molecule has 1 rings (SSSR count). The molecule has 0 saturated heterocycles. The maximum absolute atomic E-state index is 12.2. The van der Waals surface area contributed by atoms with Gasteiger partial charge in [-0.1, -0.05) is 12.8 Å². The van der Waals surface area contributed by atoms with Crippen LogP contribution in [0, 0.1) is 12.2 Å². The normalized spacial score (nSPS) is 19.0. The zero-order valence-corrected chi connectivity index (χ0v) is 7.55. The van der Waals surface area contributed by atoms with E-state index in [1.54, 1.807) is 0 Å². The first-order valence-electron chi connectivity index (χ1n) is 4.29. The second-order valence-corrected chi connectivity index (χ2v) is 3.24. The lowest BCUT2D eigenvalue weighted by atomic mass is 9.96. The topological polar surface area (TPSA) is 36.9 Å². The fourth-order valence-corrected chi connectivity index (χ4v) is 1.79. The Labute approximate surface area is 82.6 Å². The molecule has 0 aromatic heterocycles.